The van der Waals surface area contributed by atoms with Crippen LogP contribution in [0, 0.1) is 5.82 Å². The second kappa shape index (κ2) is 11.0. The van der Waals surface area contributed by atoms with E-state index in [9.17, 15) is 4.39 Å². The number of aliphatic imine (C=N–C) groups is 1. The summed E-state index contributed by atoms with van der Waals surface area (Å²) >= 11 is 0. The molecule has 0 amide bonds. The Balaban J connectivity index is 1.95. The highest BCUT2D eigenvalue weighted by Gasteiger charge is 2.06. The monoisotopic (exact) mass is 389 g/mol. The predicted molar refractivity (Wildman–Crippen MR) is 109 cm³/mol. The fraction of sp³-hybridized carbons (Fsp3) is 0.381. The molecule has 2 rings (SSSR count). The van der Waals surface area contributed by atoms with E-state index in [4.69, 9.17) is 14.2 Å². The summed E-state index contributed by atoms with van der Waals surface area (Å²) < 4.78 is 29.3. The lowest BCUT2D eigenvalue weighted by atomic mass is 10.1. The summed E-state index contributed by atoms with van der Waals surface area (Å²) in [4.78, 5) is 4.51. The quantitative estimate of drug-likeness (QED) is 0.510. The van der Waals surface area contributed by atoms with Gasteiger partial charge in [0.1, 0.15) is 0 Å². The SMILES string of the molecule is CCNC(=NCc1ccc(OC)c(F)c1)NCCc1ccc(OC)c(OC)c1. The van der Waals surface area contributed by atoms with E-state index in [-0.39, 0.29) is 11.6 Å². The summed E-state index contributed by atoms with van der Waals surface area (Å²) in [6, 6.07) is 10.7. The second-order valence-electron chi connectivity index (χ2n) is 6.03. The highest BCUT2D eigenvalue weighted by molar-refractivity contribution is 5.79. The van der Waals surface area contributed by atoms with E-state index in [0.717, 1.165) is 24.1 Å². The van der Waals surface area contributed by atoms with Crippen molar-refractivity contribution in [3.63, 3.8) is 0 Å². The molecule has 0 saturated carbocycles. The number of benzene rings is 2. The van der Waals surface area contributed by atoms with E-state index in [0.29, 0.717) is 30.5 Å². The molecule has 2 N–H and O–H groups in total. The van der Waals surface area contributed by atoms with Crippen LogP contribution < -0.4 is 24.8 Å². The van der Waals surface area contributed by atoms with E-state index >= 15 is 0 Å². The van der Waals surface area contributed by atoms with Gasteiger partial charge in [0.05, 0.1) is 27.9 Å². The zero-order valence-corrected chi connectivity index (χ0v) is 16.8. The average Bonchev–Trinajstić information content (AvgIpc) is 2.71. The number of rotatable bonds is 9. The van der Waals surface area contributed by atoms with E-state index in [2.05, 4.69) is 15.6 Å². The maximum absolute atomic E-state index is 13.8. The first-order valence-electron chi connectivity index (χ1n) is 9.16. The molecule has 2 aromatic carbocycles. The van der Waals surface area contributed by atoms with Crippen molar-refractivity contribution in [2.24, 2.45) is 4.99 Å². The molecule has 6 nitrogen and oxygen atoms in total. The molecule has 0 bridgehead atoms. The third-order valence-electron chi connectivity index (χ3n) is 4.13. The highest BCUT2D eigenvalue weighted by atomic mass is 19.1. The van der Waals surface area contributed by atoms with Gasteiger partial charge in [-0.05, 0) is 48.7 Å². The van der Waals surface area contributed by atoms with Crippen LogP contribution in [0.4, 0.5) is 4.39 Å². The highest BCUT2D eigenvalue weighted by Crippen LogP contribution is 2.27. The van der Waals surface area contributed by atoms with Crippen LogP contribution in [-0.2, 0) is 13.0 Å². The standard InChI is InChI=1S/C21H28FN3O3/c1-5-23-21(25-14-16-7-8-18(26-2)17(22)12-16)24-11-10-15-6-9-19(27-3)20(13-15)28-4/h6-9,12-13H,5,10-11,14H2,1-4H3,(H2,23,24,25). The van der Waals surface area contributed by atoms with Gasteiger partial charge in [-0.25, -0.2) is 9.38 Å². The summed E-state index contributed by atoms with van der Waals surface area (Å²) in [5.41, 5.74) is 1.90. The Bertz CT molecular complexity index is 796. The van der Waals surface area contributed by atoms with Crippen LogP contribution in [-0.4, -0.2) is 40.4 Å². The Morgan fingerprint density at radius 1 is 0.893 bits per heavy atom. The molecule has 0 atom stereocenters. The van der Waals surface area contributed by atoms with Crippen molar-refractivity contribution in [3.8, 4) is 17.2 Å². The molecule has 0 saturated heterocycles. The molecule has 7 heteroatoms. The van der Waals surface area contributed by atoms with Gasteiger partial charge in [-0.3, -0.25) is 0 Å². The number of hydrogen-bond donors (Lipinski definition) is 2. The number of ether oxygens (including phenoxy) is 3. The Hall–Kier alpha value is -2.96. The van der Waals surface area contributed by atoms with Crippen molar-refractivity contribution in [1.82, 2.24) is 10.6 Å². The minimum atomic E-state index is -0.387. The van der Waals surface area contributed by atoms with Crippen molar-refractivity contribution in [2.75, 3.05) is 34.4 Å². The lowest BCUT2D eigenvalue weighted by Gasteiger charge is -2.13. The number of halogens is 1. The largest absolute Gasteiger partial charge is 0.494 e. The molecule has 0 aromatic heterocycles. The number of guanidine groups is 1. The first-order chi connectivity index (χ1) is 13.6. The summed E-state index contributed by atoms with van der Waals surface area (Å²) in [5.74, 6) is 1.94. The van der Waals surface area contributed by atoms with Gasteiger partial charge in [0, 0.05) is 13.1 Å². The zero-order valence-electron chi connectivity index (χ0n) is 16.8. The van der Waals surface area contributed by atoms with Gasteiger partial charge in [-0.15, -0.1) is 0 Å². The molecule has 0 fully saturated rings. The van der Waals surface area contributed by atoms with Gasteiger partial charge < -0.3 is 24.8 Å². The Morgan fingerprint density at radius 3 is 2.21 bits per heavy atom. The first-order valence-corrected chi connectivity index (χ1v) is 9.16. The summed E-state index contributed by atoms with van der Waals surface area (Å²) in [6.07, 6.45) is 0.794. The molecule has 0 spiro atoms. The molecule has 0 aliphatic rings. The van der Waals surface area contributed by atoms with Crippen LogP contribution >= 0.6 is 0 Å². The number of hydrogen-bond acceptors (Lipinski definition) is 4. The predicted octanol–water partition coefficient (Wildman–Crippen LogP) is 3.15. The van der Waals surface area contributed by atoms with Crippen LogP contribution in [0.3, 0.4) is 0 Å². The maximum atomic E-state index is 13.8. The Morgan fingerprint density at radius 2 is 1.57 bits per heavy atom. The van der Waals surface area contributed by atoms with Crippen LogP contribution in [0.1, 0.15) is 18.1 Å². The molecular formula is C21H28FN3O3. The van der Waals surface area contributed by atoms with E-state index in [1.807, 2.05) is 25.1 Å². The minimum absolute atomic E-state index is 0.229. The number of nitrogens with one attached hydrogen (secondary N) is 2. The van der Waals surface area contributed by atoms with Crippen molar-refractivity contribution < 1.29 is 18.6 Å². The lowest BCUT2D eigenvalue weighted by Crippen LogP contribution is -2.38. The van der Waals surface area contributed by atoms with Crippen LogP contribution in [0.5, 0.6) is 17.2 Å². The number of methoxy groups -OCH3 is 3. The van der Waals surface area contributed by atoms with Gasteiger partial charge in [0.15, 0.2) is 29.0 Å². The lowest BCUT2D eigenvalue weighted by molar-refractivity contribution is 0.354. The van der Waals surface area contributed by atoms with Crippen LogP contribution in [0.15, 0.2) is 41.4 Å². The molecule has 0 radical (unpaired) electrons. The second-order valence-corrected chi connectivity index (χ2v) is 6.03. The van der Waals surface area contributed by atoms with Crippen molar-refractivity contribution in [3.05, 3.63) is 53.3 Å². The minimum Gasteiger partial charge on any atom is -0.494 e. The summed E-state index contributed by atoms with van der Waals surface area (Å²) in [7, 11) is 4.69. The summed E-state index contributed by atoms with van der Waals surface area (Å²) in [6.45, 7) is 3.79. The Labute approximate surface area is 165 Å². The zero-order chi connectivity index (χ0) is 20.4. The van der Waals surface area contributed by atoms with Crippen molar-refractivity contribution in [1.29, 1.82) is 0 Å². The molecule has 2 aromatic rings. The third kappa shape index (κ3) is 6.04. The van der Waals surface area contributed by atoms with Gasteiger partial charge in [-0.1, -0.05) is 12.1 Å². The normalized spacial score (nSPS) is 11.1. The fourth-order valence-electron chi connectivity index (χ4n) is 2.68. The van der Waals surface area contributed by atoms with Gasteiger partial charge >= 0.3 is 0 Å². The van der Waals surface area contributed by atoms with Crippen LogP contribution in [0.25, 0.3) is 0 Å². The molecule has 152 valence electrons. The fourth-order valence-corrected chi connectivity index (χ4v) is 2.68. The first kappa shape index (κ1) is 21.3. The van der Waals surface area contributed by atoms with Gasteiger partial charge in [-0.2, -0.15) is 0 Å². The van der Waals surface area contributed by atoms with Gasteiger partial charge in [0.2, 0.25) is 0 Å². The van der Waals surface area contributed by atoms with Gasteiger partial charge in [0.25, 0.3) is 0 Å². The molecule has 0 unspecified atom stereocenters. The molecule has 0 heterocycles. The molecule has 0 aliphatic carbocycles. The number of nitrogens with zero attached hydrogens (tertiary/aromatic N) is 1. The molecule has 0 aliphatic heterocycles. The van der Waals surface area contributed by atoms with Crippen molar-refractivity contribution in [2.45, 2.75) is 19.9 Å². The van der Waals surface area contributed by atoms with E-state index < -0.39 is 0 Å². The van der Waals surface area contributed by atoms with E-state index in [1.165, 1.54) is 13.2 Å². The maximum Gasteiger partial charge on any atom is 0.191 e. The smallest absolute Gasteiger partial charge is 0.191 e. The Kier molecular flexibility index (Phi) is 8.39. The van der Waals surface area contributed by atoms with E-state index in [1.54, 1.807) is 26.4 Å². The van der Waals surface area contributed by atoms with Crippen molar-refractivity contribution >= 4 is 5.96 Å². The van der Waals surface area contributed by atoms with Crippen LogP contribution in [0.2, 0.25) is 0 Å². The average molecular weight is 389 g/mol. The third-order valence-corrected chi connectivity index (χ3v) is 4.13. The molecule has 28 heavy (non-hydrogen) atoms. The molecular weight excluding hydrogens is 361 g/mol. The topological polar surface area (TPSA) is 64.1 Å². The summed E-state index contributed by atoms with van der Waals surface area (Å²) in [5, 5.41) is 6.48.